The number of halogens is 3. The molecule has 1 N–H and O–H groups in total. The van der Waals surface area contributed by atoms with Gasteiger partial charge in [-0.25, -0.2) is 4.39 Å². The van der Waals surface area contributed by atoms with Crippen LogP contribution in [0.2, 0.25) is 5.02 Å². The Bertz CT molecular complexity index is 586. The molecule has 0 fully saturated rings. The van der Waals surface area contributed by atoms with Crippen LogP contribution in [-0.4, -0.2) is 13.6 Å². The summed E-state index contributed by atoms with van der Waals surface area (Å²) < 4.78 is 15.0. The minimum absolute atomic E-state index is 0.223. The monoisotopic (exact) mass is 369 g/mol. The van der Waals surface area contributed by atoms with E-state index in [1.807, 2.05) is 19.2 Å². The first-order valence-electron chi connectivity index (χ1n) is 6.91. The lowest BCUT2D eigenvalue weighted by Gasteiger charge is -2.17. The van der Waals surface area contributed by atoms with E-state index in [1.54, 1.807) is 12.1 Å². The second kappa shape index (κ2) is 7.92. The molecule has 0 bridgehead atoms. The lowest BCUT2D eigenvalue weighted by atomic mass is 9.92. The third-order valence-electron chi connectivity index (χ3n) is 3.45. The van der Waals surface area contributed by atoms with Crippen LogP contribution < -0.4 is 5.32 Å². The predicted octanol–water partition coefficient (Wildman–Crippen LogP) is 4.86. The molecule has 112 valence electrons. The van der Waals surface area contributed by atoms with Crippen molar-refractivity contribution >= 4 is 27.5 Å². The van der Waals surface area contributed by atoms with Crippen molar-refractivity contribution in [1.29, 1.82) is 0 Å². The van der Waals surface area contributed by atoms with Crippen LogP contribution in [-0.2, 0) is 12.8 Å². The van der Waals surface area contributed by atoms with Gasteiger partial charge >= 0.3 is 0 Å². The molecule has 0 saturated heterocycles. The topological polar surface area (TPSA) is 12.0 Å². The zero-order chi connectivity index (χ0) is 15.2. The van der Waals surface area contributed by atoms with Crippen molar-refractivity contribution in [2.45, 2.75) is 12.8 Å². The lowest BCUT2D eigenvalue weighted by molar-refractivity contribution is 0.480. The molecule has 0 aliphatic rings. The van der Waals surface area contributed by atoms with E-state index in [0.29, 0.717) is 17.4 Å². The molecule has 0 heterocycles. The smallest absolute Gasteiger partial charge is 0.127 e. The van der Waals surface area contributed by atoms with Gasteiger partial charge in [-0.05, 0) is 67.7 Å². The van der Waals surface area contributed by atoms with Gasteiger partial charge in [0.2, 0.25) is 0 Å². The average molecular weight is 371 g/mol. The summed E-state index contributed by atoms with van der Waals surface area (Å²) >= 11 is 9.24. The van der Waals surface area contributed by atoms with Crippen molar-refractivity contribution in [3.05, 3.63) is 68.9 Å². The van der Waals surface area contributed by atoms with Gasteiger partial charge in [0.15, 0.2) is 0 Å². The van der Waals surface area contributed by atoms with Gasteiger partial charge in [0.05, 0.1) is 0 Å². The molecule has 1 atom stereocenters. The molecule has 2 aromatic carbocycles. The average Bonchev–Trinajstić information content (AvgIpc) is 2.44. The van der Waals surface area contributed by atoms with E-state index in [0.717, 1.165) is 23.0 Å². The Morgan fingerprint density at radius 2 is 1.86 bits per heavy atom. The molecule has 4 heteroatoms. The predicted molar refractivity (Wildman–Crippen MR) is 90.4 cm³/mol. The molecular formula is C17H18BrClFN. The Morgan fingerprint density at radius 3 is 2.48 bits per heavy atom. The Morgan fingerprint density at radius 1 is 1.14 bits per heavy atom. The van der Waals surface area contributed by atoms with Crippen LogP contribution in [0.1, 0.15) is 11.1 Å². The van der Waals surface area contributed by atoms with E-state index in [1.165, 1.54) is 11.6 Å². The second-order valence-corrected chi connectivity index (χ2v) is 6.55. The highest BCUT2D eigenvalue weighted by molar-refractivity contribution is 9.10. The van der Waals surface area contributed by atoms with E-state index in [4.69, 9.17) is 11.6 Å². The van der Waals surface area contributed by atoms with E-state index in [-0.39, 0.29) is 5.82 Å². The second-order valence-electron chi connectivity index (χ2n) is 5.19. The maximum absolute atomic E-state index is 13.9. The van der Waals surface area contributed by atoms with Crippen LogP contribution >= 0.6 is 27.5 Å². The fourth-order valence-electron chi connectivity index (χ4n) is 2.46. The standard InChI is InChI=1S/C17H18BrClFN/c1-21-11-13(8-12-2-5-15(18)6-3-12)9-14-4-7-16(19)10-17(14)20/h2-7,10,13,21H,8-9,11H2,1H3. The highest BCUT2D eigenvalue weighted by Gasteiger charge is 2.13. The minimum Gasteiger partial charge on any atom is -0.319 e. The molecular weight excluding hydrogens is 353 g/mol. The van der Waals surface area contributed by atoms with Gasteiger partial charge in [-0.1, -0.05) is 45.7 Å². The van der Waals surface area contributed by atoms with Gasteiger partial charge in [0, 0.05) is 9.50 Å². The largest absolute Gasteiger partial charge is 0.319 e. The molecule has 0 spiro atoms. The van der Waals surface area contributed by atoms with Gasteiger partial charge in [-0.3, -0.25) is 0 Å². The van der Waals surface area contributed by atoms with E-state index < -0.39 is 0 Å². The molecule has 0 saturated carbocycles. The van der Waals surface area contributed by atoms with Crippen LogP contribution in [0.5, 0.6) is 0 Å². The molecule has 0 aliphatic heterocycles. The maximum atomic E-state index is 13.9. The molecule has 0 aromatic heterocycles. The van der Waals surface area contributed by atoms with Crippen molar-refractivity contribution in [3.8, 4) is 0 Å². The first-order valence-corrected chi connectivity index (χ1v) is 8.08. The SMILES string of the molecule is CNCC(Cc1ccc(Br)cc1)Cc1ccc(Cl)cc1F. The Balaban J connectivity index is 2.09. The molecule has 0 radical (unpaired) electrons. The summed E-state index contributed by atoms with van der Waals surface area (Å²) in [7, 11) is 1.92. The van der Waals surface area contributed by atoms with Crippen LogP contribution in [0.4, 0.5) is 4.39 Å². The quantitative estimate of drug-likeness (QED) is 0.765. The first kappa shape index (κ1) is 16.5. The maximum Gasteiger partial charge on any atom is 0.127 e. The number of hydrogen-bond donors (Lipinski definition) is 1. The number of hydrogen-bond acceptors (Lipinski definition) is 1. The van der Waals surface area contributed by atoms with Crippen molar-refractivity contribution < 1.29 is 4.39 Å². The molecule has 2 rings (SSSR count). The van der Waals surface area contributed by atoms with Crippen LogP contribution in [0.3, 0.4) is 0 Å². The summed E-state index contributed by atoms with van der Waals surface area (Å²) in [5.41, 5.74) is 1.98. The highest BCUT2D eigenvalue weighted by atomic mass is 79.9. The molecule has 21 heavy (non-hydrogen) atoms. The van der Waals surface area contributed by atoms with E-state index in [9.17, 15) is 4.39 Å². The summed E-state index contributed by atoms with van der Waals surface area (Å²) in [4.78, 5) is 0. The Labute approximate surface area is 138 Å². The third kappa shape index (κ3) is 5.10. The fraction of sp³-hybridized carbons (Fsp3) is 0.294. The van der Waals surface area contributed by atoms with Crippen LogP contribution in [0.25, 0.3) is 0 Å². The third-order valence-corrected chi connectivity index (χ3v) is 4.22. The normalized spacial score (nSPS) is 12.4. The summed E-state index contributed by atoms with van der Waals surface area (Å²) in [6, 6.07) is 13.2. The fourth-order valence-corrected chi connectivity index (χ4v) is 2.88. The lowest BCUT2D eigenvalue weighted by Crippen LogP contribution is -2.23. The van der Waals surface area contributed by atoms with Gasteiger partial charge in [0.1, 0.15) is 5.82 Å². The number of benzene rings is 2. The molecule has 2 aromatic rings. The van der Waals surface area contributed by atoms with Gasteiger partial charge in [0.25, 0.3) is 0 Å². The first-order chi connectivity index (χ1) is 10.1. The summed E-state index contributed by atoms with van der Waals surface area (Å²) in [6.45, 7) is 0.845. The molecule has 0 aliphatic carbocycles. The zero-order valence-electron chi connectivity index (χ0n) is 11.9. The van der Waals surface area contributed by atoms with Crippen molar-refractivity contribution in [2.24, 2.45) is 5.92 Å². The van der Waals surface area contributed by atoms with E-state index in [2.05, 4.69) is 33.4 Å². The van der Waals surface area contributed by atoms with Gasteiger partial charge < -0.3 is 5.32 Å². The number of nitrogens with one attached hydrogen (secondary N) is 1. The van der Waals surface area contributed by atoms with Crippen LogP contribution in [0, 0.1) is 11.7 Å². The van der Waals surface area contributed by atoms with Crippen molar-refractivity contribution in [1.82, 2.24) is 5.32 Å². The zero-order valence-corrected chi connectivity index (χ0v) is 14.2. The Hall–Kier alpha value is -0.900. The number of rotatable bonds is 6. The summed E-state index contributed by atoms with van der Waals surface area (Å²) in [5, 5.41) is 3.63. The van der Waals surface area contributed by atoms with E-state index >= 15 is 0 Å². The van der Waals surface area contributed by atoms with Crippen molar-refractivity contribution in [3.63, 3.8) is 0 Å². The summed E-state index contributed by atoms with van der Waals surface area (Å²) in [5.74, 6) is 0.117. The Kier molecular flexibility index (Phi) is 6.22. The molecule has 1 unspecified atom stereocenters. The summed E-state index contributed by atoms with van der Waals surface area (Å²) in [6.07, 6.45) is 1.61. The van der Waals surface area contributed by atoms with Crippen LogP contribution in [0.15, 0.2) is 46.9 Å². The van der Waals surface area contributed by atoms with Gasteiger partial charge in [-0.2, -0.15) is 0 Å². The molecule has 0 amide bonds. The van der Waals surface area contributed by atoms with Crippen molar-refractivity contribution in [2.75, 3.05) is 13.6 Å². The minimum atomic E-state index is -0.223. The highest BCUT2D eigenvalue weighted by Crippen LogP contribution is 2.20. The molecule has 1 nitrogen and oxygen atoms in total. The van der Waals surface area contributed by atoms with Gasteiger partial charge in [-0.15, -0.1) is 0 Å².